The standard InChI is InChI=1S/C26H31N7O.C25H31ClN6O/c1-26(2,3)20-11-13-33(16-20)24(34)9-8-18-6-7-19(14-23(18)27-4)22-10-12-28-25(31-22)30-21-15-29-32(5)17-21;1-25(2,3)19-10-12-32(15-19)23(33)8-7-17-5-6-18(13-21(17)26)22-9-11-27-24(30-22)29-20-14-28-31(4)16-20/h6-7,10,12,14-15,17,20H,8-9,11,13,16H2,1-3,5H3,(H,28,30,31);5-6,9,11,13-14,16,19H,7-8,10,12,15H2,1-4H3,(H,27,29,30). The van der Waals surface area contributed by atoms with Crippen molar-refractivity contribution in [3.8, 4) is 22.5 Å². The summed E-state index contributed by atoms with van der Waals surface area (Å²) < 4.78 is 3.41. The predicted octanol–water partition coefficient (Wildman–Crippen LogP) is 10.1. The number of rotatable bonds is 12. The number of nitrogens with one attached hydrogen (secondary N) is 2. The van der Waals surface area contributed by atoms with Gasteiger partial charge in [0.05, 0.1) is 41.7 Å². The molecule has 0 aliphatic carbocycles. The lowest BCUT2D eigenvalue weighted by molar-refractivity contribution is -0.131. The molecular formula is C51H62ClN13O2. The van der Waals surface area contributed by atoms with Crippen LogP contribution in [0.4, 0.5) is 29.0 Å². The summed E-state index contributed by atoms with van der Waals surface area (Å²) in [6.07, 6.45) is 14.8. The molecule has 350 valence electrons. The van der Waals surface area contributed by atoms with E-state index in [9.17, 15) is 9.59 Å². The van der Waals surface area contributed by atoms with Gasteiger partial charge in [0.15, 0.2) is 5.69 Å². The maximum atomic E-state index is 12.8. The van der Waals surface area contributed by atoms with Gasteiger partial charge >= 0.3 is 0 Å². The van der Waals surface area contributed by atoms with Crippen LogP contribution in [-0.2, 0) is 36.5 Å². The highest BCUT2D eigenvalue weighted by Crippen LogP contribution is 2.36. The minimum Gasteiger partial charge on any atom is -0.342 e. The van der Waals surface area contributed by atoms with Crippen LogP contribution in [0.2, 0.25) is 5.02 Å². The number of aromatic nitrogens is 8. The van der Waals surface area contributed by atoms with Gasteiger partial charge < -0.3 is 20.4 Å². The summed E-state index contributed by atoms with van der Waals surface area (Å²) in [4.78, 5) is 51.0. The summed E-state index contributed by atoms with van der Waals surface area (Å²) >= 11 is 6.58. The van der Waals surface area contributed by atoms with Crippen LogP contribution in [0.15, 0.2) is 85.7 Å². The van der Waals surface area contributed by atoms with Crippen LogP contribution < -0.4 is 10.6 Å². The van der Waals surface area contributed by atoms with Gasteiger partial charge in [0, 0.05) is 88.5 Å². The van der Waals surface area contributed by atoms with Crippen LogP contribution in [0.3, 0.4) is 0 Å². The Hall–Kier alpha value is -6.66. The van der Waals surface area contributed by atoms with Gasteiger partial charge in [-0.1, -0.05) is 77.4 Å². The molecule has 2 N–H and O–H groups in total. The molecule has 15 nitrogen and oxygen atoms in total. The summed E-state index contributed by atoms with van der Waals surface area (Å²) in [5, 5.41) is 15.2. The third-order valence-electron chi connectivity index (χ3n) is 12.8. The summed E-state index contributed by atoms with van der Waals surface area (Å²) in [5.41, 5.74) is 7.73. The first-order valence-electron chi connectivity index (χ1n) is 22.9. The highest BCUT2D eigenvalue weighted by molar-refractivity contribution is 6.31. The van der Waals surface area contributed by atoms with Crippen LogP contribution in [0, 0.1) is 29.2 Å². The molecule has 2 atom stereocenters. The van der Waals surface area contributed by atoms with Crippen molar-refractivity contribution in [2.24, 2.45) is 36.8 Å². The van der Waals surface area contributed by atoms with E-state index in [0.29, 0.717) is 60.1 Å². The molecule has 2 saturated heterocycles. The summed E-state index contributed by atoms with van der Waals surface area (Å²) in [7, 11) is 3.70. The summed E-state index contributed by atoms with van der Waals surface area (Å²) in [6, 6.07) is 15.3. The van der Waals surface area contributed by atoms with E-state index in [1.807, 2.05) is 84.8 Å². The molecule has 16 heteroatoms. The van der Waals surface area contributed by atoms with Gasteiger partial charge in [0.25, 0.3) is 0 Å². The van der Waals surface area contributed by atoms with Gasteiger partial charge in [-0.25, -0.2) is 24.8 Å². The SMILES string of the molecule is Cn1cc(Nc2nccc(-c3ccc(CCC(=O)N4CCC(C(C)(C)C)C4)c(Cl)c3)n2)cn1.[C-]#[N+]c1cc(-c2ccnc(Nc3cnn(C)c3)n2)ccc1CCC(=O)N1CCC(C(C)(C)C)C1. The van der Waals surface area contributed by atoms with Crippen LogP contribution >= 0.6 is 11.6 Å². The number of hydrogen-bond acceptors (Lipinski definition) is 10. The fourth-order valence-corrected chi connectivity index (χ4v) is 8.80. The molecular weight excluding hydrogens is 862 g/mol. The van der Waals surface area contributed by atoms with E-state index < -0.39 is 0 Å². The second-order valence-electron chi connectivity index (χ2n) is 19.7. The number of anilines is 4. The van der Waals surface area contributed by atoms with E-state index in [1.165, 1.54) is 0 Å². The van der Waals surface area contributed by atoms with E-state index in [-0.39, 0.29) is 22.6 Å². The number of nitrogens with zero attached hydrogens (tertiary/aromatic N) is 11. The first-order chi connectivity index (χ1) is 31.9. The number of likely N-dealkylation sites (tertiary alicyclic amines) is 2. The lowest BCUT2D eigenvalue weighted by Crippen LogP contribution is -2.31. The van der Waals surface area contributed by atoms with E-state index in [0.717, 1.165) is 84.0 Å². The quantitative estimate of drug-likeness (QED) is 0.113. The van der Waals surface area contributed by atoms with E-state index in [4.69, 9.17) is 18.2 Å². The number of halogens is 1. The number of carbonyl (C=O) groups is 2. The third-order valence-corrected chi connectivity index (χ3v) is 13.2. The molecule has 2 amide bonds. The molecule has 0 spiro atoms. The minimum atomic E-state index is 0.175. The molecule has 67 heavy (non-hydrogen) atoms. The van der Waals surface area contributed by atoms with Crippen molar-refractivity contribution in [3.05, 3.63) is 113 Å². The van der Waals surface area contributed by atoms with Gasteiger partial charge in [-0.05, 0) is 89.3 Å². The lowest BCUT2D eigenvalue weighted by Gasteiger charge is -2.27. The zero-order chi connectivity index (χ0) is 47.9. The van der Waals surface area contributed by atoms with E-state index in [2.05, 4.69) is 87.2 Å². The Morgan fingerprint density at radius 3 is 1.58 bits per heavy atom. The molecule has 8 rings (SSSR count). The first-order valence-corrected chi connectivity index (χ1v) is 23.3. The van der Waals surface area contributed by atoms with Crippen molar-refractivity contribution in [1.29, 1.82) is 0 Å². The smallest absolute Gasteiger partial charge is 0.227 e. The first kappa shape index (κ1) is 48.3. The normalized spacial score (nSPS) is 16.1. The van der Waals surface area contributed by atoms with Gasteiger partial charge in [-0.3, -0.25) is 19.0 Å². The van der Waals surface area contributed by atoms with Crippen LogP contribution in [0.1, 0.15) is 78.4 Å². The molecule has 0 bridgehead atoms. The average Bonchev–Trinajstić information content (AvgIpc) is 4.14. The second kappa shape index (κ2) is 20.9. The molecule has 2 aromatic carbocycles. The predicted molar refractivity (Wildman–Crippen MR) is 264 cm³/mol. The highest BCUT2D eigenvalue weighted by atomic mass is 35.5. The fraction of sp³-hybridized carbons (Fsp3) is 0.431. The maximum absolute atomic E-state index is 12.8. The largest absolute Gasteiger partial charge is 0.342 e. The molecule has 0 saturated carbocycles. The number of benzene rings is 2. The molecule has 6 heterocycles. The van der Waals surface area contributed by atoms with Gasteiger partial charge in [-0.15, -0.1) is 0 Å². The van der Waals surface area contributed by atoms with Crippen molar-refractivity contribution in [2.45, 2.75) is 80.1 Å². The Morgan fingerprint density at radius 2 is 1.16 bits per heavy atom. The van der Waals surface area contributed by atoms with Crippen molar-refractivity contribution in [2.75, 3.05) is 36.8 Å². The van der Waals surface area contributed by atoms with Crippen LogP contribution in [0.5, 0.6) is 0 Å². The summed E-state index contributed by atoms with van der Waals surface area (Å²) in [6.45, 7) is 24.5. The highest BCUT2D eigenvalue weighted by Gasteiger charge is 2.34. The third kappa shape index (κ3) is 12.8. The monoisotopic (exact) mass is 923 g/mol. The van der Waals surface area contributed by atoms with Gasteiger partial charge in [0.2, 0.25) is 23.7 Å². The molecule has 4 aromatic heterocycles. The molecule has 2 aliphatic rings. The molecule has 2 fully saturated rings. The molecule has 2 unspecified atom stereocenters. The lowest BCUT2D eigenvalue weighted by atomic mass is 9.80. The Balaban J connectivity index is 0.000000199. The molecule has 2 aliphatic heterocycles. The van der Waals surface area contributed by atoms with Gasteiger partial charge in [0.1, 0.15) is 0 Å². The second-order valence-corrected chi connectivity index (χ2v) is 20.1. The minimum absolute atomic E-state index is 0.175. The summed E-state index contributed by atoms with van der Waals surface area (Å²) in [5.74, 6) is 2.45. The molecule has 6 aromatic rings. The Bertz CT molecular complexity index is 2730. The number of hydrogen-bond donors (Lipinski definition) is 2. The number of amides is 2. The van der Waals surface area contributed by atoms with Crippen LogP contribution in [0.25, 0.3) is 27.4 Å². The Kier molecular flexibility index (Phi) is 15.0. The Morgan fingerprint density at radius 1 is 0.701 bits per heavy atom. The van der Waals surface area contributed by atoms with Crippen molar-refractivity contribution in [1.82, 2.24) is 49.3 Å². The van der Waals surface area contributed by atoms with Crippen LogP contribution in [-0.4, -0.2) is 87.3 Å². The average molecular weight is 925 g/mol. The number of carbonyl (C=O) groups excluding carboxylic acids is 2. The Labute approximate surface area is 399 Å². The van der Waals surface area contributed by atoms with E-state index in [1.54, 1.807) is 34.2 Å². The van der Waals surface area contributed by atoms with Crippen molar-refractivity contribution >= 4 is 52.4 Å². The zero-order valence-corrected chi connectivity index (χ0v) is 40.7. The zero-order valence-electron chi connectivity index (χ0n) is 39.9. The van der Waals surface area contributed by atoms with Crippen molar-refractivity contribution < 1.29 is 9.59 Å². The molecule has 0 radical (unpaired) electrons. The van der Waals surface area contributed by atoms with E-state index >= 15 is 0 Å². The fourth-order valence-electron chi connectivity index (χ4n) is 8.52. The topological polar surface area (TPSA) is 156 Å². The maximum Gasteiger partial charge on any atom is 0.227 e. The van der Waals surface area contributed by atoms with Gasteiger partial charge in [-0.2, -0.15) is 10.2 Å². The van der Waals surface area contributed by atoms with Crippen molar-refractivity contribution in [3.63, 3.8) is 0 Å². The number of aryl methyl sites for hydroxylation is 4.